The molecule has 1 heterocycles. The van der Waals surface area contributed by atoms with Crippen molar-refractivity contribution in [1.29, 1.82) is 5.26 Å². The van der Waals surface area contributed by atoms with E-state index in [2.05, 4.69) is 29.7 Å². The van der Waals surface area contributed by atoms with Crippen molar-refractivity contribution < 1.29 is 0 Å². The highest BCUT2D eigenvalue weighted by Crippen LogP contribution is 2.33. The summed E-state index contributed by atoms with van der Waals surface area (Å²) in [4.78, 5) is 2.40. The van der Waals surface area contributed by atoms with Crippen LogP contribution in [0.2, 0.25) is 0 Å². The van der Waals surface area contributed by atoms with Crippen LogP contribution in [0, 0.1) is 11.3 Å². The molecule has 1 aliphatic rings. The molecule has 2 nitrogen and oxygen atoms in total. The monoisotopic (exact) mass is 248 g/mol. The summed E-state index contributed by atoms with van der Waals surface area (Å²) < 4.78 is 0. The first kappa shape index (κ1) is 11.8. The quantitative estimate of drug-likeness (QED) is 0.754. The number of nitrogens with zero attached hydrogens (tertiary/aromatic N) is 2. The molecule has 0 spiro atoms. The Balaban J connectivity index is 2.20. The number of hydrogen-bond acceptors (Lipinski definition) is 2. The second-order valence-corrected chi connectivity index (χ2v) is 4.93. The summed E-state index contributed by atoms with van der Waals surface area (Å²) in [6, 6.07) is 14.8. The number of rotatable bonds is 2. The zero-order chi connectivity index (χ0) is 13.2. The molecule has 0 aliphatic carbocycles. The summed E-state index contributed by atoms with van der Waals surface area (Å²) in [7, 11) is 0. The topological polar surface area (TPSA) is 27.0 Å². The molecule has 2 aromatic carbocycles. The Labute approximate surface area is 113 Å². The fraction of sp³-hybridized carbons (Fsp3) is 0.235. The van der Waals surface area contributed by atoms with Crippen molar-refractivity contribution >= 4 is 16.5 Å². The minimum atomic E-state index is 0.413. The number of benzene rings is 2. The molecule has 19 heavy (non-hydrogen) atoms. The van der Waals surface area contributed by atoms with E-state index < -0.39 is 0 Å². The van der Waals surface area contributed by atoms with Gasteiger partial charge in [-0.15, -0.1) is 6.58 Å². The molecule has 1 fully saturated rings. The molecule has 0 radical (unpaired) electrons. The Bertz CT molecular complexity index is 667. The SMILES string of the molecule is C=C[C@H]1CCCN1c1ccc(C#N)c2ccccc12. The number of anilines is 1. The van der Waals surface area contributed by atoms with Crippen molar-refractivity contribution in [3.8, 4) is 6.07 Å². The molecule has 0 unspecified atom stereocenters. The number of fused-ring (bicyclic) bond motifs is 1. The molecule has 1 saturated heterocycles. The molecule has 0 bridgehead atoms. The molecule has 1 aliphatic heterocycles. The van der Waals surface area contributed by atoms with Gasteiger partial charge in [-0.25, -0.2) is 0 Å². The summed E-state index contributed by atoms with van der Waals surface area (Å²) >= 11 is 0. The third kappa shape index (κ3) is 1.88. The predicted octanol–water partition coefficient (Wildman–Crippen LogP) is 3.87. The molecule has 94 valence electrons. The third-order valence-corrected chi connectivity index (χ3v) is 3.90. The lowest BCUT2D eigenvalue weighted by molar-refractivity contribution is 0.809. The van der Waals surface area contributed by atoms with Crippen LogP contribution in [-0.2, 0) is 0 Å². The predicted molar refractivity (Wildman–Crippen MR) is 79.2 cm³/mol. The van der Waals surface area contributed by atoms with E-state index in [-0.39, 0.29) is 0 Å². The smallest absolute Gasteiger partial charge is 0.0998 e. The van der Waals surface area contributed by atoms with Gasteiger partial charge in [0.25, 0.3) is 0 Å². The van der Waals surface area contributed by atoms with E-state index in [0.29, 0.717) is 6.04 Å². The molecule has 0 aromatic heterocycles. The Morgan fingerprint density at radius 3 is 2.74 bits per heavy atom. The first-order valence-electron chi connectivity index (χ1n) is 6.66. The molecule has 0 saturated carbocycles. The maximum atomic E-state index is 9.21. The van der Waals surface area contributed by atoms with Crippen molar-refractivity contribution in [3.63, 3.8) is 0 Å². The van der Waals surface area contributed by atoms with Crippen LogP contribution >= 0.6 is 0 Å². The maximum absolute atomic E-state index is 9.21. The van der Waals surface area contributed by atoms with E-state index >= 15 is 0 Å². The van der Waals surface area contributed by atoms with Gasteiger partial charge in [0.2, 0.25) is 0 Å². The molecule has 0 amide bonds. The average molecular weight is 248 g/mol. The van der Waals surface area contributed by atoms with Gasteiger partial charge in [0, 0.05) is 29.0 Å². The summed E-state index contributed by atoms with van der Waals surface area (Å²) in [5, 5.41) is 11.4. The second-order valence-electron chi connectivity index (χ2n) is 4.93. The minimum absolute atomic E-state index is 0.413. The van der Waals surface area contributed by atoms with Crippen LogP contribution in [0.5, 0.6) is 0 Å². The normalized spacial score (nSPS) is 18.5. The molecule has 2 aromatic rings. The second kappa shape index (κ2) is 4.78. The van der Waals surface area contributed by atoms with Crippen LogP contribution in [-0.4, -0.2) is 12.6 Å². The Morgan fingerprint density at radius 2 is 2.00 bits per heavy atom. The first-order valence-corrected chi connectivity index (χ1v) is 6.66. The highest BCUT2D eigenvalue weighted by molar-refractivity contribution is 5.98. The van der Waals surface area contributed by atoms with E-state index in [4.69, 9.17) is 0 Å². The highest BCUT2D eigenvalue weighted by atomic mass is 15.2. The zero-order valence-corrected chi connectivity index (χ0v) is 10.8. The molecular formula is C17H16N2. The van der Waals surface area contributed by atoms with Crippen LogP contribution in [0.4, 0.5) is 5.69 Å². The van der Waals surface area contributed by atoms with Gasteiger partial charge < -0.3 is 4.90 Å². The van der Waals surface area contributed by atoms with Crippen molar-refractivity contribution in [3.05, 3.63) is 54.6 Å². The average Bonchev–Trinajstić information content (AvgIpc) is 2.94. The Kier molecular flexibility index (Phi) is 2.97. The lowest BCUT2D eigenvalue weighted by Gasteiger charge is -2.26. The van der Waals surface area contributed by atoms with Crippen LogP contribution in [0.25, 0.3) is 10.8 Å². The molecule has 1 atom stereocenters. The highest BCUT2D eigenvalue weighted by Gasteiger charge is 2.23. The van der Waals surface area contributed by atoms with Crippen molar-refractivity contribution in [2.45, 2.75) is 18.9 Å². The molecule has 0 N–H and O–H groups in total. The zero-order valence-electron chi connectivity index (χ0n) is 10.8. The lowest BCUT2D eigenvalue weighted by atomic mass is 10.0. The van der Waals surface area contributed by atoms with Crippen LogP contribution < -0.4 is 4.90 Å². The van der Waals surface area contributed by atoms with E-state index in [0.717, 1.165) is 29.3 Å². The van der Waals surface area contributed by atoms with E-state index in [1.807, 2.05) is 30.3 Å². The van der Waals surface area contributed by atoms with Crippen molar-refractivity contribution in [1.82, 2.24) is 0 Å². The van der Waals surface area contributed by atoms with Gasteiger partial charge >= 0.3 is 0 Å². The number of hydrogen-bond donors (Lipinski definition) is 0. The fourth-order valence-corrected chi connectivity index (χ4v) is 2.97. The van der Waals surface area contributed by atoms with Gasteiger partial charge in [0.05, 0.1) is 11.6 Å². The van der Waals surface area contributed by atoms with Crippen LogP contribution in [0.15, 0.2) is 49.1 Å². The maximum Gasteiger partial charge on any atom is 0.0998 e. The van der Waals surface area contributed by atoms with Crippen LogP contribution in [0.3, 0.4) is 0 Å². The van der Waals surface area contributed by atoms with Crippen LogP contribution in [0.1, 0.15) is 18.4 Å². The van der Waals surface area contributed by atoms with E-state index in [1.165, 1.54) is 12.1 Å². The van der Waals surface area contributed by atoms with Crippen molar-refractivity contribution in [2.24, 2.45) is 0 Å². The largest absolute Gasteiger partial charge is 0.365 e. The van der Waals surface area contributed by atoms with Gasteiger partial charge in [0.15, 0.2) is 0 Å². The Hall–Kier alpha value is -2.27. The third-order valence-electron chi connectivity index (χ3n) is 3.90. The molecule has 2 heteroatoms. The summed E-state index contributed by atoms with van der Waals surface area (Å²) in [6.45, 7) is 5.00. The molecular weight excluding hydrogens is 232 g/mol. The van der Waals surface area contributed by atoms with Gasteiger partial charge in [-0.2, -0.15) is 5.26 Å². The first-order chi connectivity index (χ1) is 9.35. The summed E-state index contributed by atoms with van der Waals surface area (Å²) in [5.41, 5.74) is 1.96. The lowest BCUT2D eigenvalue weighted by Crippen LogP contribution is -2.27. The van der Waals surface area contributed by atoms with Crippen molar-refractivity contribution in [2.75, 3.05) is 11.4 Å². The Morgan fingerprint density at radius 1 is 1.21 bits per heavy atom. The molecule has 3 rings (SSSR count). The summed E-state index contributed by atoms with van der Waals surface area (Å²) in [6.07, 6.45) is 4.39. The van der Waals surface area contributed by atoms with Gasteiger partial charge in [-0.05, 0) is 25.0 Å². The summed E-state index contributed by atoms with van der Waals surface area (Å²) in [5.74, 6) is 0. The fourth-order valence-electron chi connectivity index (χ4n) is 2.97. The van der Waals surface area contributed by atoms with Gasteiger partial charge in [0.1, 0.15) is 0 Å². The minimum Gasteiger partial charge on any atom is -0.365 e. The van der Waals surface area contributed by atoms with E-state index in [9.17, 15) is 5.26 Å². The van der Waals surface area contributed by atoms with Gasteiger partial charge in [-0.1, -0.05) is 30.3 Å². The van der Waals surface area contributed by atoms with Gasteiger partial charge in [-0.3, -0.25) is 0 Å². The number of nitriles is 1. The standard InChI is InChI=1S/C17H16N2/c1-2-14-6-5-11-19(14)17-10-9-13(12-18)15-7-3-4-8-16(15)17/h2-4,7-10,14H,1,5-6,11H2/t14-/m0/s1. The van der Waals surface area contributed by atoms with E-state index in [1.54, 1.807) is 0 Å².